The van der Waals surface area contributed by atoms with Crippen molar-refractivity contribution in [2.24, 2.45) is 0 Å². The van der Waals surface area contributed by atoms with Crippen LogP contribution in [0.3, 0.4) is 0 Å². The van der Waals surface area contributed by atoms with E-state index in [1.54, 1.807) is 11.3 Å². The second kappa shape index (κ2) is 8.00. The van der Waals surface area contributed by atoms with E-state index < -0.39 is 0 Å². The number of nitrogens with zero attached hydrogens (tertiary/aromatic N) is 1. The number of likely N-dealkylation sites (N-methyl/N-ethyl adjacent to an activating group) is 1. The number of hydrogen-bond acceptors (Lipinski definition) is 3. The molecule has 1 N–H and O–H groups in total. The summed E-state index contributed by atoms with van der Waals surface area (Å²) >= 11 is 1.78. The smallest absolute Gasteiger partial charge is 0.115 e. The highest BCUT2D eigenvalue weighted by Crippen LogP contribution is 2.33. The van der Waals surface area contributed by atoms with E-state index in [0.29, 0.717) is 11.7 Å². The van der Waals surface area contributed by atoms with Gasteiger partial charge in [-0.2, -0.15) is 11.3 Å². The van der Waals surface area contributed by atoms with E-state index in [0.717, 1.165) is 25.9 Å². The monoisotopic (exact) mass is 337 g/mol. The Kier molecular flexibility index (Phi) is 6.30. The Morgan fingerprint density at radius 3 is 2.95 bits per heavy atom. The molecular weight excluding hydrogens is 314 g/mol. The van der Waals surface area contributed by atoms with E-state index in [-0.39, 0.29) is 12.4 Å². The first-order valence-electron chi connectivity index (χ1n) is 7.74. The molecule has 0 aliphatic heterocycles. The molecule has 0 bridgehead atoms. The van der Waals surface area contributed by atoms with Crippen molar-refractivity contribution >= 4 is 23.7 Å². The molecule has 1 aromatic heterocycles. The summed E-state index contributed by atoms with van der Waals surface area (Å²) in [6, 6.07) is 8.13. The first-order valence-corrected chi connectivity index (χ1v) is 8.68. The number of aryl methyl sites for hydroxylation is 1. The van der Waals surface area contributed by atoms with Crippen molar-refractivity contribution in [2.75, 3.05) is 20.1 Å². The molecule has 3 rings (SSSR count). The van der Waals surface area contributed by atoms with Crippen LogP contribution in [0.1, 0.15) is 35.4 Å². The Balaban J connectivity index is 0.00000176. The summed E-state index contributed by atoms with van der Waals surface area (Å²) in [7, 11) is 2.22. The Hall–Kier alpha value is -1.03. The topological polar surface area (TPSA) is 23.5 Å². The Labute approximate surface area is 143 Å². The van der Waals surface area contributed by atoms with Gasteiger partial charge in [-0.25, -0.2) is 0 Å². The molecule has 1 aliphatic rings. The van der Waals surface area contributed by atoms with Crippen LogP contribution in [0.25, 0.3) is 0 Å². The predicted molar refractivity (Wildman–Crippen MR) is 96.6 cm³/mol. The first-order chi connectivity index (χ1) is 10.2. The van der Waals surface area contributed by atoms with Gasteiger partial charge in [0.15, 0.2) is 0 Å². The van der Waals surface area contributed by atoms with Crippen molar-refractivity contribution in [2.45, 2.75) is 31.6 Å². The van der Waals surface area contributed by atoms with Crippen molar-refractivity contribution in [3.63, 3.8) is 0 Å². The Morgan fingerprint density at radius 1 is 1.32 bits per heavy atom. The average Bonchev–Trinajstić information content (AvgIpc) is 2.98. The molecule has 2 aromatic rings. The summed E-state index contributed by atoms with van der Waals surface area (Å²) in [4.78, 5) is 2.45. The second-order valence-corrected chi connectivity index (χ2v) is 6.90. The molecule has 1 heterocycles. The maximum absolute atomic E-state index is 9.64. The lowest BCUT2D eigenvalue weighted by Gasteiger charge is -2.29. The van der Waals surface area contributed by atoms with Crippen molar-refractivity contribution in [3.8, 4) is 5.75 Å². The van der Waals surface area contributed by atoms with E-state index in [2.05, 4.69) is 34.8 Å². The van der Waals surface area contributed by atoms with Crippen molar-refractivity contribution in [3.05, 3.63) is 51.7 Å². The van der Waals surface area contributed by atoms with Gasteiger partial charge < -0.3 is 10.0 Å². The molecule has 2 nitrogen and oxygen atoms in total. The highest BCUT2D eigenvalue weighted by Gasteiger charge is 2.21. The summed E-state index contributed by atoms with van der Waals surface area (Å²) in [5.74, 6) is 1.02. The minimum Gasteiger partial charge on any atom is -0.508 e. The van der Waals surface area contributed by atoms with Crippen molar-refractivity contribution in [1.82, 2.24) is 4.90 Å². The van der Waals surface area contributed by atoms with Crippen LogP contribution < -0.4 is 0 Å². The van der Waals surface area contributed by atoms with Crippen LogP contribution in [0.4, 0.5) is 0 Å². The van der Waals surface area contributed by atoms with E-state index in [1.807, 2.05) is 12.1 Å². The summed E-state index contributed by atoms with van der Waals surface area (Å²) in [6.07, 6.45) is 4.74. The molecule has 0 fully saturated rings. The quantitative estimate of drug-likeness (QED) is 0.870. The van der Waals surface area contributed by atoms with Gasteiger partial charge in [0.25, 0.3) is 0 Å². The minimum absolute atomic E-state index is 0. The number of phenolic OH excluding ortho intramolecular Hbond substituents is 1. The van der Waals surface area contributed by atoms with Crippen LogP contribution in [0.15, 0.2) is 35.0 Å². The zero-order valence-electron chi connectivity index (χ0n) is 13.0. The van der Waals surface area contributed by atoms with Gasteiger partial charge in [-0.3, -0.25) is 0 Å². The van der Waals surface area contributed by atoms with Gasteiger partial charge in [-0.15, -0.1) is 12.4 Å². The number of halogens is 1. The van der Waals surface area contributed by atoms with Crippen LogP contribution in [0.2, 0.25) is 0 Å². The largest absolute Gasteiger partial charge is 0.508 e. The highest BCUT2D eigenvalue weighted by atomic mass is 35.5. The Bertz CT molecular complexity index is 585. The van der Waals surface area contributed by atoms with Gasteiger partial charge >= 0.3 is 0 Å². The van der Waals surface area contributed by atoms with Crippen molar-refractivity contribution < 1.29 is 5.11 Å². The molecule has 0 radical (unpaired) electrons. The average molecular weight is 338 g/mol. The number of hydrogen-bond donors (Lipinski definition) is 1. The van der Waals surface area contributed by atoms with Gasteiger partial charge in [0, 0.05) is 13.1 Å². The summed E-state index contributed by atoms with van der Waals surface area (Å²) in [6.45, 7) is 2.22. The molecule has 22 heavy (non-hydrogen) atoms. The third-order valence-corrected chi connectivity index (χ3v) is 5.19. The fourth-order valence-corrected chi connectivity index (χ4v) is 4.02. The van der Waals surface area contributed by atoms with E-state index in [9.17, 15) is 5.11 Å². The van der Waals surface area contributed by atoms with E-state index >= 15 is 0 Å². The zero-order chi connectivity index (χ0) is 14.7. The van der Waals surface area contributed by atoms with E-state index in [1.165, 1.54) is 29.5 Å². The molecule has 1 aromatic carbocycles. The fourth-order valence-electron chi connectivity index (χ4n) is 3.31. The highest BCUT2D eigenvalue weighted by molar-refractivity contribution is 7.07. The lowest BCUT2D eigenvalue weighted by Crippen LogP contribution is -2.28. The summed E-state index contributed by atoms with van der Waals surface area (Å²) < 4.78 is 0. The van der Waals surface area contributed by atoms with Crippen LogP contribution >= 0.6 is 23.7 Å². The van der Waals surface area contributed by atoms with Gasteiger partial charge in [0.05, 0.1) is 0 Å². The molecule has 1 unspecified atom stereocenters. The maximum Gasteiger partial charge on any atom is 0.115 e. The molecule has 0 saturated carbocycles. The minimum atomic E-state index is 0. The second-order valence-electron chi connectivity index (χ2n) is 6.12. The number of phenols is 1. The maximum atomic E-state index is 9.64. The third-order valence-electron chi connectivity index (χ3n) is 4.46. The van der Waals surface area contributed by atoms with Gasteiger partial charge in [-0.05, 0) is 84.3 Å². The number of benzene rings is 1. The number of rotatable bonds is 5. The fraction of sp³-hybridized carbons (Fsp3) is 0.444. The van der Waals surface area contributed by atoms with Crippen LogP contribution in [0.5, 0.6) is 5.75 Å². The SMILES string of the molecule is CN(CCc1ccsc1)CC1CCCc2cc(O)ccc21.Cl. The normalized spacial score (nSPS) is 17.1. The van der Waals surface area contributed by atoms with Crippen LogP contribution in [0, 0.1) is 0 Å². The lowest BCUT2D eigenvalue weighted by atomic mass is 9.82. The molecule has 1 atom stereocenters. The van der Waals surface area contributed by atoms with Gasteiger partial charge in [0.1, 0.15) is 5.75 Å². The third kappa shape index (κ3) is 4.25. The standard InChI is InChI=1S/C18H23NOS.ClH/c1-19(9-7-14-8-10-21-13-14)12-16-4-2-3-15-11-17(20)5-6-18(15)16;/h5-6,8,10-11,13,16,20H,2-4,7,9,12H2,1H3;1H. The molecule has 0 saturated heterocycles. The molecule has 120 valence electrons. The molecule has 1 aliphatic carbocycles. The van der Waals surface area contributed by atoms with Crippen LogP contribution in [-0.2, 0) is 12.8 Å². The van der Waals surface area contributed by atoms with Gasteiger partial charge in [-0.1, -0.05) is 6.07 Å². The van der Waals surface area contributed by atoms with Crippen molar-refractivity contribution in [1.29, 1.82) is 0 Å². The number of aromatic hydroxyl groups is 1. The molecule has 0 spiro atoms. The van der Waals surface area contributed by atoms with Crippen LogP contribution in [-0.4, -0.2) is 30.1 Å². The molecule has 0 amide bonds. The van der Waals surface area contributed by atoms with E-state index in [4.69, 9.17) is 0 Å². The van der Waals surface area contributed by atoms with Gasteiger partial charge in [0.2, 0.25) is 0 Å². The summed E-state index contributed by atoms with van der Waals surface area (Å²) in [5, 5.41) is 14.0. The zero-order valence-corrected chi connectivity index (χ0v) is 14.6. The first kappa shape index (κ1) is 17.3. The molecular formula is C18H24ClNOS. The number of thiophene rings is 1. The predicted octanol–water partition coefficient (Wildman–Crippen LogP) is 4.47. The number of fused-ring (bicyclic) bond motifs is 1. The lowest BCUT2D eigenvalue weighted by molar-refractivity contribution is 0.301. The molecule has 4 heteroatoms. The Morgan fingerprint density at radius 2 is 2.18 bits per heavy atom. The summed E-state index contributed by atoms with van der Waals surface area (Å²) in [5.41, 5.74) is 4.24.